The summed E-state index contributed by atoms with van der Waals surface area (Å²) in [6.45, 7) is 1.42. The van der Waals surface area contributed by atoms with E-state index in [9.17, 15) is 14.9 Å². The Balaban J connectivity index is 1.83. The molecule has 0 spiro atoms. The summed E-state index contributed by atoms with van der Waals surface area (Å²) in [5.41, 5.74) is -0.200. The van der Waals surface area contributed by atoms with E-state index >= 15 is 0 Å². The number of ether oxygens (including phenoxy) is 1. The van der Waals surface area contributed by atoms with E-state index in [0.717, 1.165) is 0 Å². The summed E-state index contributed by atoms with van der Waals surface area (Å²) in [4.78, 5) is 29.1. The lowest BCUT2D eigenvalue weighted by molar-refractivity contribution is -0.385. The van der Waals surface area contributed by atoms with E-state index in [-0.39, 0.29) is 18.0 Å². The highest BCUT2D eigenvalue weighted by molar-refractivity contribution is 5.94. The average molecular weight is 367 g/mol. The van der Waals surface area contributed by atoms with Gasteiger partial charge in [-0.2, -0.15) is 0 Å². The summed E-state index contributed by atoms with van der Waals surface area (Å²) < 4.78 is 10.8. The van der Waals surface area contributed by atoms with Crippen molar-refractivity contribution in [2.24, 2.45) is 0 Å². The summed E-state index contributed by atoms with van der Waals surface area (Å²) >= 11 is 0. The first-order chi connectivity index (χ1) is 13.1. The van der Waals surface area contributed by atoms with Gasteiger partial charge in [0.1, 0.15) is 11.6 Å². The van der Waals surface area contributed by atoms with Gasteiger partial charge >= 0.3 is 5.69 Å². The molecule has 0 saturated heterocycles. The Morgan fingerprint density at radius 3 is 2.67 bits per heavy atom. The van der Waals surface area contributed by atoms with Crippen molar-refractivity contribution in [3.8, 4) is 5.75 Å². The molecule has 0 aliphatic carbocycles. The lowest BCUT2D eigenvalue weighted by Crippen LogP contribution is -2.37. The number of aromatic nitrogens is 1. The van der Waals surface area contributed by atoms with E-state index in [0.29, 0.717) is 11.6 Å². The maximum absolute atomic E-state index is 12.9. The van der Waals surface area contributed by atoms with Crippen molar-refractivity contribution in [3.63, 3.8) is 0 Å². The van der Waals surface area contributed by atoms with Crippen LogP contribution in [0.3, 0.4) is 0 Å². The molecule has 1 amide bonds. The van der Waals surface area contributed by atoms with Crippen LogP contribution in [0.1, 0.15) is 18.7 Å². The highest BCUT2D eigenvalue weighted by atomic mass is 16.6. The minimum absolute atomic E-state index is 0.0301. The summed E-state index contributed by atoms with van der Waals surface area (Å²) in [7, 11) is 0. The monoisotopic (exact) mass is 367 g/mol. The van der Waals surface area contributed by atoms with Crippen molar-refractivity contribution >= 4 is 17.4 Å². The number of furan rings is 1. The Morgan fingerprint density at radius 2 is 2.00 bits per heavy atom. The predicted molar refractivity (Wildman–Crippen MR) is 97.4 cm³/mol. The Hall–Kier alpha value is -3.68. The maximum Gasteiger partial charge on any atom is 0.310 e. The summed E-state index contributed by atoms with van der Waals surface area (Å²) in [6, 6.07) is 14.2. The minimum Gasteiger partial charge on any atom is -0.477 e. The molecule has 2 heterocycles. The van der Waals surface area contributed by atoms with Gasteiger partial charge in [0.15, 0.2) is 12.4 Å². The number of nitro benzene ring substituents is 1. The number of nitro groups is 1. The first kappa shape index (κ1) is 18.1. The number of hydrogen-bond acceptors (Lipinski definition) is 6. The largest absolute Gasteiger partial charge is 0.477 e. The molecule has 3 aromatic rings. The van der Waals surface area contributed by atoms with Gasteiger partial charge in [-0.15, -0.1) is 0 Å². The first-order valence-electron chi connectivity index (χ1n) is 8.20. The third-order valence-corrected chi connectivity index (χ3v) is 3.92. The molecule has 27 heavy (non-hydrogen) atoms. The van der Waals surface area contributed by atoms with Gasteiger partial charge in [-0.1, -0.05) is 18.2 Å². The van der Waals surface area contributed by atoms with Gasteiger partial charge in [-0.25, -0.2) is 4.98 Å². The molecule has 0 aliphatic heterocycles. The van der Waals surface area contributed by atoms with Gasteiger partial charge in [-0.05, 0) is 37.3 Å². The molecule has 8 heteroatoms. The molecule has 1 aromatic carbocycles. The number of benzene rings is 1. The Bertz CT molecular complexity index is 912. The molecule has 0 radical (unpaired) electrons. The van der Waals surface area contributed by atoms with Crippen LogP contribution in [0.15, 0.2) is 71.5 Å². The first-order valence-corrected chi connectivity index (χ1v) is 8.20. The fourth-order valence-electron chi connectivity index (χ4n) is 2.63. The van der Waals surface area contributed by atoms with E-state index < -0.39 is 16.9 Å². The van der Waals surface area contributed by atoms with Gasteiger partial charge in [0.25, 0.3) is 5.91 Å². The third-order valence-electron chi connectivity index (χ3n) is 3.92. The van der Waals surface area contributed by atoms with Gasteiger partial charge in [0.2, 0.25) is 0 Å². The van der Waals surface area contributed by atoms with E-state index in [1.165, 1.54) is 29.4 Å². The van der Waals surface area contributed by atoms with Crippen molar-refractivity contribution in [1.29, 1.82) is 0 Å². The Labute approximate surface area is 155 Å². The van der Waals surface area contributed by atoms with Crippen LogP contribution < -0.4 is 9.64 Å². The van der Waals surface area contributed by atoms with Crippen LogP contribution in [0, 0.1) is 10.1 Å². The molecule has 3 rings (SSSR count). The zero-order chi connectivity index (χ0) is 19.2. The molecule has 1 unspecified atom stereocenters. The molecule has 0 aliphatic rings. The number of carbonyl (C=O) groups is 1. The number of hydrogen-bond donors (Lipinski definition) is 0. The molecule has 2 aromatic heterocycles. The summed E-state index contributed by atoms with van der Waals surface area (Å²) in [5, 5.41) is 11.1. The van der Waals surface area contributed by atoms with Crippen LogP contribution in [0.5, 0.6) is 5.75 Å². The topological polar surface area (TPSA) is 98.7 Å². The van der Waals surface area contributed by atoms with Crippen molar-refractivity contribution in [2.75, 3.05) is 11.5 Å². The number of nitrogens with zero attached hydrogens (tertiary/aromatic N) is 3. The lowest BCUT2D eigenvalue weighted by Gasteiger charge is -2.27. The van der Waals surface area contributed by atoms with Crippen LogP contribution in [0.4, 0.5) is 11.5 Å². The molecule has 0 N–H and O–H groups in total. The van der Waals surface area contributed by atoms with E-state index in [1.54, 1.807) is 49.5 Å². The third kappa shape index (κ3) is 4.12. The fourth-order valence-corrected chi connectivity index (χ4v) is 2.63. The fraction of sp³-hybridized carbons (Fsp3) is 0.158. The molecular formula is C19H17N3O5. The second-order valence-electron chi connectivity index (χ2n) is 5.66. The normalized spacial score (nSPS) is 11.6. The molecule has 8 nitrogen and oxygen atoms in total. The number of rotatable bonds is 7. The van der Waals surface area contributed by atoms with Crippen molar-refractivity contribution < 1.29 is 18.9 Å². The number of carbonyl (C=O) groups excluding carboxylic acids is 1. The molecule has 0 bridgehead atoms. The highest BCUT2D eigenvalue weighted by Crippen LogP contribution is 2.28. The van der Waals surface area contributed by atoms with Crippen molar-refractivity contribution in [3.05, 3.63) is 82.9 Å². The lowest BCUT2D eigenvalue weighted by atomic mass is 10.2. The van der Waals surface area contributed by atoms with Crippen LogP contribution in [0.2, 0.25) is 0 Å². The standard InChI is InChI=1S/C19H17N3O5/c1-14(16-9-6-12-26-16)21(18-10-4-5-11-20-18)19(23)13-27-17-8-3-2-7-15(17)22(24)25/h2-12,14H,13H2,1H3. The molecule has 0 fully saturated rings. The average Bonchev–Trinajstić information content (AvgIpc) is 3.22. The molecule has 1 atom stereocenters. The SMILES string of the molecule is CC(c1ccco1)N(C(=O)COc1ccccc1[N+](=O)[O-])c1ccccn1. The van der Waals surface area contributed by atoms with Gasteiger partial charge in [-0.3, -0.25) is 19.8 Å². The van der Waals surface area contributed by atoms with Crippen LogP contribution in [0.25, 0.3) is 0 Å². The zero-order valence-corrected chi connectivity index (χ0v) is 14.5. The van der Waals surface area contributed by atoms with Crippen molar-refractivity contribution in [1.82, 2.24) is 4.98 Å². The van der Waals surface area contributed by atoms with Crippen LogP contribution >= 0.6 is 0 Å². The van der Waals surface area contributed by atoms with Gasteiger partial charge < -0.3 is 9.15 Å². The molecule has 138 valence electrons. The number of para-hydroxylation sites is 2. The van der Waals surface area contributed by atoms with E-state index in [4.69, 9.17) is 9.15 Å². The number of pyridine rings is 1. The van der Waals surface area contributed by atoms with E-state index in [1.807, 2.05) is 0 Å². The second kappa shape index (κ2) is 8.13. The smallest absolute Gasteiger partial charge is 0.310 e. The summed E-state index contributed by atoms with van der Waals surface area (Å²) in [5.74, 6) is 0.635. The van der Waals surface area contributed by atoms with Crippen LogP contribution in [-0.2, 0) is 4.79 Å². The summed E-state index contributed by atoms with van der Waals surface area (Å²) in [6.07, 6.45) is 3.10. The van der Waals surface area contributed by atoms with E-state index in [2.05, 4.69) is 4.98 Å². The minimum atomic E-state index is -0.554. The maximum atomic E-state index is 12.9. The number of anilines is 1. The van der Waals surface area contributed by atoms with Gasteiger partial charge in [0.05, 0.1) is 17.2 Å². The predicted octanol–water partition coefficient (Wildman–Crippen LogP) is 3.76. The van der Waals surface area contributed by atoms with Gasteiger partial charge in [0, 0.05) is 12.3 Å². The quantitative estimate of drug-likeness (QED) is 0.466. The number of amides is 1. The Kier molecular flexibility index (Phi) is 5.46. The Morgan fingerprint density at radius 1 is 1.22 bits per heavy atom. The molecule has 0 saturated carbocycles. The second-order valence-corrected chi connectivity index (χ2v) is 5.66. The zero-order valence-electron chi connectivity index (χ0n) is 14.5. The highest BCUT2D eigenvalue weighted by Gasteiger charge is 2.27. The van der Waals surface area contributed by atoms with Crippen LogP contribution in [-0.4, -0.2) is 22.4 Å². The van der Waals surface area contributed by atoms with Crippen molar-refractivity contribution in [2.45, 2.75) is 13.0 Å². The molecular weight excluding hydrogens is 350 g/mol.